The van der Waals surface area contributed by atoms with Gasteiger partial charge in [-0.3, -0.25) is 14.5 Å². The van der Waals surface area contributed by atoms with Crippen molar-refractivity contribution in [2.24, 2.45) is 4.99 Å². The summed E-state index contributed by atoms with van der Waals surface area (Å²) >= 11 is 5.99. The molecule has 198 valence electrons. The zero-order chi connectivity index (χ0) is 27.1. The summed E-state index contributed by atoms with van der Waals surface area (Å²) in [6.45, 7) is 2.69. The van der Waals surface area contributed by atoms with Crippen molar-refractivity contribution in [3.8, 4) is 11.5 Å². The predicted octanol–water partition coefficient (Wildman–Crippen LogP) is 6.41. The van der Waals surface area contributed by atoms with E-state index in [-0.39, 0.29) is 30.5 Å². The van der Waals surface area contributed by atoms with Crippen LogP contribution < -0.4 is 14.8 Å². The van der Waals surface area contributed by atoms with Gasteiger partial charge in [-0.25, -0.2) is 4.99 Å². The van der Waals surface area contributed by atoms with Crippen molar-refractivity contribution in [1.82, 2.24) is 4.90 Å². The smallest absolute Gasteiger partial charge is 0.487 e. The van der Waals surface area contributed by atoms with E-state index in [2.05, 4.69) is 15.0 Å². The largest absolute Gasteiger partial charge is 0.494 e. The van der Waals surface area contributed by atoms with Gasteiger partial charge < -0.3 is 14.8 Å². The van der Waals surface area contributed by atoms with Crippen molar-refractivity contribution in [1.29, 1.82) is 0 Å². The Labute approximate surface area is 227 Å². The molecular weight excluding hydrogens is 536 g/mol. The molecule has 1 aliphatic heterocycles. The van der Waals surface area contributed by atoms with Gasteiger partial charge in [0.2, 0.25) is 11.8 Å². The molecule has 0 aliphatic carbocycles. The van der Waals surface area contributed by atoms with E-state index in [4.69, 9.17) is 16.3 Å². The number of hydrogen-bond acceptors (Lipinski definition) is 6. The number of benzene rings is 3. The number of halogens is 3. The molecule has 2 amide bonds. The van der Waals surface area contributed by atoms with Gasteiger partial charge in [-0.15, -0.1) is 8.78 Å². The molecule has 1 saturated heterocycles. The van der Waals surface area contributed by atoms with Crippen LogP contribution in [-0.2, 0) is 16.1 Å². The Morgan fingerprint density at radius 1 is 1.05 bits per heavy atom. The summed E-state index contributed by atoms with van der Waals surface area (Å²) in [7, 11) is 0. The summed E-state index contributed by atoms with van der Waals surface area (Å²) in [4.78, 5) is 32.2. The number of carbonyl (C=O) groups is 2. The van der Waals surface area contributed by atoms with Gasteiger partial charge in [-0.2, -0.15) is 0 Å². The van der Waals surface area contributed by atoms with Gasteiger partial charge in [-0.1, -0.05) is 42.1 Å². The van der Waals surface area contributed by atoms with Crippen LogP contribution in [0.25, 0.3) is 0 Å². The Balaban J connectivity index is 1.49. The third kappa shape index (κ3) is 7.69. The molecule has 0 unspecified atom stereocenters. The summed E-state index contributed by atoms with van der Waals surface area (Å²) in [6.07, 6.45) is -0.0569. The lowest BCUT2D eigenvalue weighted by Crippen LogP contribution is -2.33. The highest BCUT2D eigenvalue weighted by atomic mass is 35.5. The molecular formula is C27H24ClF2N3O4S. The summed E-state index contributed by atoms with van der Waals surface area (Å²) in [5, 5.41) is 2.52. The van der Waals surface area contributed by atoms with E-state index in [1.807, 2.05) is 37.3 Å². The molecule has 1 N–H and O–H groups in total. The first-order valence-corrected chi connectivity index (χ1v) is 12.9. The second kappa shape index (κ2) is 12.3. The number of ether oxygens (including phenoxy) is 2. The van der Waals surface area contributed by atoms with Gasteiger partial charge in [0, 0.05) is 23.7 Å². The van der Waals surface area contributed by atoms with Crippen LogP contribution in [0.2, 0.25) is 0 Å². The van der Waals surface area contributed by atoms with Crippen molar-refractivity contribution < 1.29 is 27.8 Å². The van der Waals surface area contributed by atoms with E-state index < -0.39 is 10.8 Å². The molecule has 11 heteroatoms. The Kier molecular flexibility index (Phi) is 8.85. The Bertz CT molecular complexity index is 1290. The topological polar surface area (TPSA) is 80.2 Å². The summed E-state index contributed by atoms with van der Waals surface area (Å²) in [5.74, 6) is 0.0000783. The lowest BCUT2D eigenvalue weighted by molar-refractivity contribution is -0.128. The second-order valence-electron chi connectivity index (χ2n) is 8.16. The highest BCUT2D eigenvalue weighted by Crippen LogP contribution is 2.34. The first kappa shape index (κ1) is 27.4. The fourth-order valence-corrected chi connectivity index (χ4v) is 4.90. The predicted molar refractivity (Wildman–Crippen MR) is 144 cm³/mol. The SMILES string of the molecule is CCOc1ccc(NC(=O)C[C@@H]2SC(=Nc3ccc(OC(F)(F)Cl)cc3)N(Cc3ccccc3)C2=O)cc1. The van der Waals surface area contributed by atoms with Crippen LogP contribution in [0.15, 0.2) is 83.9 Å². The van der Waals surface area contributed by atoms with Crippen molar-refractivity contribution in [3.63, 3.8) is 0 Å². The average molecular weight is 560 g/mol. The van der Waals surface area contributed by atoms with Gasteiger partial charge >= 0.3 is 5.57 Å². The maximum atomic E-state index is 13.3. The molecule has 3 aromatic carbocycles. The van der Waals surface area contributed by atoms with E-state index in [0.717, 1.165) is 5.56 Å². The quantitative estimate of drug-likeness (QED) is 0.290. The number of nitrogens with one attached hydrogen (secondary N) is 1. The molecule has 0 saturated carbocycles. The molecule has 4 rings (SSSR count). The van der Waals surface area contributed by atoms with E-state index in [1.165, 1.54) is 40.9 Å². The van der Waals surface area contributed by atoms with Crippen LogP contribution in [0.5, 0.6) is 11.5 Å². The molecule has 0 radical (unpaired) electrons. The average Bonchev–Trinajstić information content (AvgIpc) is 3.15. The maximum Gasteiger partial charge on any atom is 0.487 e. The van der Waals surface area contributed by atoms with E-state index in [0.29, 0.717) is 28.9 Å². The molecule has 1 atom stereocenters. The number of thioether (sulfide) groups is 1. The first-order valence-electron chi connectivity index (χ1n) is 11.7. The van der Waals surface area contributed by atoms with E-state index in [1.54, 1.807) is 24.3 Å². The van der Waals surface area contributed by atoms with Gasteiger partial charge in [0.15, 0.2) is 5.17 Å². The van der Waals surface area contributed by atoms with Crippen molar-refractivity contribution in [2.45, 2.75) is 30.7 Å². The molecule has 38 heavy (non-hydrogen) atoms. The van der Waals surface area contributed by atoms with Gasteiger partial charge in [-0.05, 0) is 61.0 Å². The van der Waals surface area contributed by atoms with Gasteiger partial charge in [0.1, 0.15) is 16.7 Å². The lowest BCUT2D eigenvalue weighted by Gasteiger charge is -2.17. The first-order chi connectivity index (χ1) is 18.2. The fraction of sp³-hybridized carbons (Fsp3) is 0.222. The minimum atomic E-state index is -3.83. The van der Waals surface area contributed by atoms with Crippen molar-refractivity contribution in [2.75, 3.05) is 11.9 Å². The van der Waals surface area contributed by atoms with Crippen molar-refractivity contribution in [3.05, 3.63) is 84.4 Å². The van der Waals surface area contributed by atoms with Crippen LogP contribution in [0.3, 0.4) is 0 Å². The summed E-state index contributed by atoms with van der Waals surface area (Å²) in [6, 6.07) is 21.9. The number of rotatable bonds is 10. The fourth-order valence-electron chi connectivity index (χ4n) is 3.65. The molecule has 0 spiro atoms. The monoisotopic (exact) mass is 559 g/mol. The Hall–Kier alpha value is -3.63. The number of anilines is 1. The summed E-state index contributed by atoms with van der Waals surface area (Å²) < 4.78 is 35.5. The lowest BCUT2D eigenvalue weighted by atomic mass is 10.2. The number of alkyl halides is 3. The zero-order valence-corrected chi connectivity index (χ0v) is 21.8. The molecule has 3 aromatic rings. The molecule has 7 nitrogen and oxygen atoms in total. The molecule has 0 bridgehead atoms. The minimum Gasteiger partial charge on any atom is -0.494 e. The number of aliphatic imine (C=N–C) groups is 1. The van der Waals surface area contributed by atoms with Crippen LogP contribution in [0, 0.1) is 0 Å². The number of amidine groups is 1. The zero-order valence-electron chi connectivity index (χ0n) is 20.3. The van der Waals surface area contributed by atoms with Gasteiger partial charge in [0.05, 0.1) is 18.8 Å². The molecule has 1 heterocycles. The van der Waals surface area contributed by atoms with Crippen LogP contribution >= 0.6 is 23.4 Å². The normalized spacial score (nSPS) is 16.5. The number of amides is 2. The van der Waals surface area contributed by atoms with Crippen LogP contribution in [-0.4, -0.2) is 39.3 Å². The van der Waals surface area contributed by atoms with Gasteiger partial charge in [0.25, 0.3) is 0 Å². The van der Waals surface area contributed by atoms with E-state index in [9.17, 15) is 18.4 Å². The van der Waals surface area contributed by atoms with Crippen molar-refractivity contribution >= 4 is 51.7 Å². The molecule has 1 aliphatic rings. The Morgan fingerprint density at radius 2 is 1.71 bits per heavy atom. The minimum absolute atomic E-state index is 0.0569. The summed E-state index contributed by atoms with van der Waals surface area (Å²) in [5.41, 5.74) is -1.93. The second-order valence-corrected chi connectivity index (χ2v) is 9.77. The third-order valence-electron chi connectivity index (χ3n) is 5.32. The highest BCUT2D eigenvalue weighted by Gasteiger charge is 2.39. The maximum absolute atomic E-state index is 13.3. The number of hydrogen-bond donors (Lipinski definition) is 1. The molecule has 1 fully saturated rings. The highest BCUT2D eigenvalue weighted by molar-refractivity contribution is 8.15. The number of carbonyl (C=O) groups excluding carboxylic acids is 2. The third-order valence-corrected chi connectivity index (χ3v) is 6.57. The molecule has 0 aromatic heterocycles. The van der Waals surface area contributed by atoms with Crippen LogP contribution in [0.4, 0.5) is 20.2 Å². The standard InChI is InChI=1S/C27H24ClF2N3O4S/c1-2-36-21-12-8-19(9-13-21)31-24(34)16-23-25(35)33(17-18-6-4-3-5-7-18)26(38-23)32-20-10-14-22(15-11-20)37-27(28,29)30/h3-15,23H,2,16-17H2,1H3,(H,31,34)/t23-/m0/s1. The number of nitrogens with zero attached hydrogens (tertiary/aromatic N) is 2. The van der Waals surface area contributed by atoms with Crippen LogP contribution in [0.1, 0.15) is 18.9 Å². The Morgan fingerprint density at radius 3 is 2.34 bits per heavy atom. The van der Waals surface area contributed by atoms with E-state index >= 15 is 0 Å².